The van der Waals surface area contributed by atoms with Gasteiger partial charge in [-0.1, -0.05) is 18.2 Å². The summed E-state index contributed by atoms with van der Waals surface area (Å²) < 4.78 is 11.7. The first kappa shape index (κ1) is 18.2. The van der Waals surface area contributed by atoms with Crippen LogP contribution in [-0.2, 0) is 11.3 Å². The van der Waals surface area contributed by atoms with E-state index in [4.69, 9.17) is 9.47 Å². The maximum atomic E-state index is 12.2. The molecule has 2 aromatic carbocycles. The monoisotopic (exact) mass is 365 g/mol. The lowest BCUT2D eigenvalue weighted by atomic mass is 10.1. The zero-order valence-electron chi connectivity index (χ0n) is 15.0. The molecule has 0 aliphatic rings. The molecule has 0 spiro atoms. The third-order valence-electron chi connectivity index (χ3n) is 3.90. The molecule has 0 saturated carbocycles. The van der Waals surface area contributed by atoms with Gasteiger partial charge in [-0.25, -0.2) is 4.68 Å². The second kappa shape index (κ2) is 8.18. The fourth-order valence-electron chi connectivity index (χ4n) is 2.57. The number of rotatable bonds is 6. The van der Waals surface area contributed by atoms with Crippen molar-refractivity contribution in [2.24, 2.45) is 0 Å². The Morgan fingerprint density at radius 1 is 1.04 bits per heavy atom. The molecule has 0 bridgehead atoms. The second-order valence-corrected chi connectivity index (χ2v) is 5.69. The molecule has 1 heterocycles. The van der Waals surface area contributed by atoms with E-state index in [0.717, 1.165) is 4.68 Å². The van der Waals surface area contributed by atoms with Gasteiger partial charge >= 0.3 is 0 Å². The molecule has 0 radical (unpaired) electrons. The van der Waals surface area contributed by atoms with Crippen molar-refractivity contribution in [3.63, 3.8) is 0 Å². The smallest absolute Gasteiger partial charge is 0.267 e. The minimum Gasteiger partial charge on any atom is -0.497 e. The van der Waals surface area contributed by atoms with E-state index < -0.39 is 0 Å². The largest absolute Gasteiger partial charge is 0.497 e. The number of anilines is 1. The number of hydrogen-bond acceptors (Lipinski definition) is 5. The summed E-state index contributed by atoms with van der Waals surface area (Å²) in [5.41, 5.74) is 1.50. The summed E-state index contributed by atoms with van der Waals surface area (Å²) in [4.78, 5) is 24.4. The molecule has 0 saturated heterocycles. The number of para-hydroxylation sites is 1. The lowest BCUT2D eigenvalue weighted by molar-refractivity contribution is -0.117. The average molecular weight is 365 g/mol. The van der Waals surface area contributed by atoms with Gasteiger partial charge in [-0.05, 0) is 30.3 Å². The van der Waals surface area contributed by atoms with Crippen LogP contribution >= 0.6 is 0 Å². The number of carbonyl (C=O) groups is 1. The summed E-state index contributed by atoms with van der Waals surface area (Å²) >= 11 is 0. The van der Waals surface area contributed by atoms with Gasteiger partial charge in [0.05, 0.1) is 19.9 Å². The molecule has 7 nitrogen and oxygen atoms in total. The van der Waals surface area contributed by atoms with E-state index in [1.54, 1.807) is 50.6 Å². The number of amides is 1. The molecule has 1 N–H and O–H groups in total. The van der Waals surface area contributed by atoms with Crippen LogP contribution in [0.15, 0.2) is 65.5 Å². The van der Waals surface area contributed by atoms with E-state index >= 15 is 0 Å². The van der Waals surface area contributed by atoms with Gasteiger partial charge in [0.1, 0.15) is 18.0 Å². The highest BCUT2D eigenvalue weighted by atomic mass is 16.5. The van der Waals surface area contributed by atoms with E-state index in [0.29, 0.717) is 28.4 Å². The highest BCUT2D eigenvalue weighted by Crippen LogP contribution is 2.31. The highest BCUT2D eigenvalue weighted by Gasteiger charge is 2.12. The number of carbonyl (C=O) groups excluding carboxylic acids is 1. The molecule has 138 valence electrons. The molecule has 0 aliphatic heterocycles. The summed E-state index contributed by atoms with van der Waals surface area (Å²) in [5.74, 6) is 0.863. The fourth-order valence-corrected chi connectivity index (χ4v) is 2.57. The van der Waals surface area contributed by atoms with Crippen LogP contribution in [0.3, 0.4) is 0 Å². The molecular formula is C20H19N3O4. The predicted molar refractivity (Wildman–Crippen MR) is 102 cm³/mol. The zero-order chi connectivity index (χ0) is 19.2. The third-order valence-corrected chi connectivity index (χ3v) is 3.90. The summed E-state index contributed by atoms with van der Waals surface area (Å²) in [6.07, 6.45) is 0. The Labute approximate surface area is 156 Å². The first-order valence-corrected chi connectivity index (χ1v) is 8.26. The van der Waals surface area contributed by atoms with Crippen molar-refractivity contribution in [3.05, 3.63) is 71.0 Å². The van der Waals surface area contributed by atoms with Crippen LogP contribution in [0.4, 0.5) is 5.69 Å². The minimum atomic E-state index is -0.366. The Bertz CT molecular complexity index is 1000. The van der Waals surface area contributed by atoms with E-state index in [1.807, 2.05) is 18.2 Å². The normalized spacial score (nSPS) is 10.3. The van der Waals surface area contributed by atoms with E-state index in [1.165, 1.54) is 6.07 Å². The van der Waals surface area contributed by atoms with Crippen LogP contribution in [0.1, 0.15) is 0 Å². The predicted octanol–water partition coefficient (Wildman–Crippen LogP) is 2.57. The van der Waals surface area contributed by atoms with E-state index in [9.17, 15) is 9.59 Å². The van der Waals surface area contributed by atoms with Gasteiger partial charge in [0, 0.05) is 23.4 Å². The number of nitrogens with zero attached hydrogens (tertiary/aromatic N) is 2. The van der Waals surface area contributed by atoms with Gasteiger partial charge in [0.25, 0.3) is 5.56 Å². The molecule has 7 heteroatoms. The second-order valence-electron chi connectivity index (χ2n) is 5.69. The molecular weight excluding hydrogens is 346 g/mol. The number of methoxy groups -OCH3 is 2. The van der Waals surface area contributed by atoms with Crippen LogP contribution in [0.2, 0.25) is 0 Å². The number of aromatic nitrogens is 2. The van der Waals surface area contributed by atoms with Crippen molar-refractivity contribution < 1.29 is 14.3 Å². The number of ether oxygens (including phenoxy) is 2. The average Bonchev–Trinajstić information content (AvgIpc) is 2.70. The molecule has 3 aromatic rings. The quantitative estimate of drug-likeness (QED) is 0.726. The number of nitrogens with one attached hydrogen (secondary N) is 1. The standard InChI is InChI=1S/C20H19N3O4/c1-26-15-8-9-16(18(12-15)27-2)17-10-11-20(25)23(22-17)13-19(24)21-14-6-4-3-5-7-14/h3-12H,13H2,1-2H3,(H,21,24). The first-order valence-electron chi connectivity index (χ1n) is 8.26. The van der Waals surface area contributed by atoms with Crippen molar-refractivity contribution >= 4 is 11.6 Å². The Balaban J connectivity index is 1.86. The molecule has 3 rings (SSSR count). The Hall–Kier alpha value is -3.61. The lowest BCUT2D eigenvalue weighted by Crippen LogP contribution is -2.29. The third kappa shape index (κ3) is 4.33. The van der Waals surface area contributed by atoms with Crippen LogP contribution in [0.25, 0.3) is 11.3 Å². The summed E-state index contributed by atoms with van der Waals surface area (Å²) in [6.45, 7) is -0.194. The van der Waals surface area contributed by atoms with Gasteiger partial charge < -0.3 is 14.8 Å². The maximum Gasteiger partial charge on any atom is 0.267 e. The number of hydrogen-bond donors (Lipinski definition) is 1. The molecule has 1 aromatic heterocycles. The van der Waals surface area contributed by atoms with E-state index in [2.05, 4.69) is 10.4 Å². The van der Waals surface area contributed by atoms with Gasteiger partial charge in [0.2, 0.25) is 5.91 Å². The molecule has 1 amide bonds. The van der Waals surface area contributed by atoms with Gasteiger partial charge in [0.15, 0.2) is 0 Å². The van der Waals surface area contributed by atoms with E-state index in [-0.39, 0.29) is 18.0 Å². The minimum absolute atomic E-state index is 0.194. The van der Waals surface area contributed by atoms with Crippen molar-refractivity contribution in [2.45, 2.75) is 6.54 Å². The summed E-state index contributed by atoms with van der Waals surface area (Å²) in [7, 11) is 3.11. The topological polar surface area (TPSA) is 82.5 Å². The summed E-state index contributed by atoms with van der Waals surface area (Å²) in [6, 6.07) is 17.3. The fraction of sp³-hybridized carbons (Fsp3) is 0.150. The molecule has 0 atom stereocenters. The summed E-state index contributed by atoms with van der Waals surface area (Å²) in [5, 5.41) is 7.05. The van der Waals surface area contributed by atoms with Crippen molar-refractivity contribution in [3.8, 4) is 22.8 Å². The lowest BCUT2D eigenvalue weighted by Gasteiger charge is -2.11. The first-order chi connectivity index (χ1) is 13.1. The molecule has 0 aliphatic carbocycles. The van der Waals surface area contributed by atoms with Crippen LogP contribution in [0.5, 0.6) is 11.5 Å². The van der Waals surface area contributed by atoms with Crippen LogP contribution in [0, 0.1) is 0 Å². The Kier molecular flexibility index (Phi) is 5.51. The van der Waals surface area contributed by atoms with Crippen molar-refractivity contribution in [2.75, 3.05) is 19.5 Å². The highest BCUT2D eigenvalue weighted by molar-refractivity contribution is 5.90. The van der Waals surface area contributed by atoms with Gasteiger partial charge in [-0.15, -0.1) is 0 Å². The molecule has 27 heavy (non-hydrogen) atoms. The van der Waals surface area contributed by atoms with Gasteiger partial charge in [-0.2, -0.15) is 5.10 Å². The molecule has 0 fully saturated rings. The zero-order valence-corrected chi connectivity index (χ0v) is 15.0. The SMILES string of the molecule is COc1ccc(-c2ccc(=O)n(CC(=O)Nc3ccccc3)n2)c(OC)c1. The maximum absolute atomic E-state index is 12.2. The number of benzene rings is 2. The Morgan fingerprint density at radius 3 is 2.52 bits per heavy atom. The van der Waals surface area contributed by atoms with Crippen LogP contribution in [-0.4, -0.2) is 29.9 Å². The van der Waals surface area contributed by atoms with Crippen LogP contribution < -0.4 is 20.3 Å². The van der Waals surface area contributed by atoms with Crippen molar-refractivity contribution in [1.82, 2.24) is 9.78 Å². The van der Waals surface area contributed by atoms with Gasteiger partial charge in [-0.3, -0.25) is 9.59 Å². The van der Waals surface area contributed by atoms with Crippen molar-refractivity contribution in [1.29, 1.82) is 0 Å². The molecule has 0 unspecified atom stereocenters. The Morgan fingerprint density at radius 2 is 1.81 bits per heavy atom.